The molecule has 0 saturated carbocycles. The highest BCUT2D eigenvalue weighted by atomic mass is 32.2. The van der Waals surface area contributed by atoms with Crippen LogP contribution in [0, 0.1) is 4.64 Å². The molecule has 0 saturated heterocycles. The molecule has 0 aliphatic heterocycles. The van der Waals surface area contributed by atoms with Crippen molar-refractivity contribution in [3.63, 3.8) is 0 Å². The Morgan fingerprint density at radius 3 is 2.33 bits per heavy atom. The first-order valence-electron chi connectivity index (χ1n) is 6.57. The van der Waals surface area contributed by atoms with Crippen molar-refractivity contribution in [1.29, 1.82) is 0 Å². The summed E-state index contributed by atoms with van der Waals surface area (Å²) < 4.78 is 0.594. The fourth-order valence-corrected chi connectivity index (χ4v) is 2.73. The van der Waals surface area contributed by atoms with Crippen LogP contribution in [0.15, 0.2) is 65.6 Å². The third kappa shape index (κ3) is 3.23. The summed E-state index contributed by atoms with van der Waals surface area (Å²) in [6, 6.07) is 20.3. The maximum atomic E-state index is 5.30. The SMILES string of the molecule is CSc1ccc(-c2nc(=S)cc(-c3ccccc3)[nH]2)cc1. The maximum Gasteiger partial charge on any atom is 0.139 e. The minimum Gasteiger partial charge on any atom is -0.339 e. The van der Waals surface area contributed by atoms with Gasteiger partial charge in [-0.25, -0.2) is 4.98 Å². The van der Waals surface area contributed by atoms with E-state index in [0.717, 1.165) is 22.6 Å². The van der Waals surface area contributed by atoms with E-state index >= 15 is 0 Å². The zero-order chi connectivity index (χ0) is 14.7. The fraction of sp³-hybridized carbons (Fsp3) is 0.0588. The van der Waals surface area contributed by atoms with Gasteiger partial charge in [0.1, 0.15) is 10.5 Å². The number of hydrogen-bond donors (Lipinski definition) is 1. The average Bonchev–Trinajstić information content (AvgIpc) is 2.55. The van der Waals surface area contributed by atoms with Gasteiger partial charge in [-0.05, 0) is 30.0 Å². The average molecular weight is 310 g/mol. The molecule has 0 atom stereocenters. The van der Waals surface area contributed by atoms with Gasteiger partial charge in [0.15, 0.2) is 0 Å². The molecule has 0 spiro atoms. The van der Waals surface area contributed by atoms with Crippen LogP contribution in [0.3, 0.4) is 0 Å². The maximum absolute atomic E-state index is 5.30. The Morgan fingerprint density at radius 1 is 0.952 bits per heavy atom. The molecule has 0 aliphatic carbocycles. The number of H-pyrrole nitrogens is 1. The van der Waals surface area contributed by atoms with Crippen molar-refractivity contribution < 1.29 is 0 Å². The first-order valence-corrected chi connectivity index (χ1v) is 8.21. The lowest BCUT2D eigenvalue weighted by Gasteiger charge is -2.07. The van der Waals surface area contributed by atoms with Crippen molar-refractivity contribution in [3.8, 4) is 22.6 Å². The van der Waals surface area contributed by atoms with Crippen molar-refractivity contribution in [2.24, 2.45) is 0 Å². The Kier molecular flexibility index (Phi) is 4.18. The zero-order valence-electron chi connectivity index (χ0n) is 11.5. The van der Waals surface area contributed by atoms with E-state index < -0.39 is 0 Å². The number of aromatic nitrogens is 2. The molecule has 21 heavy (non-hydrogen) atoms. The van der Waals surface area contributed by atoms with Crippen molar-refractivity contribution in [1.82, 2.24) is 9.97 Å². The monoisotopic (exact) mass is 310 g/mol. The molecule has 0 unspecified atom stereocenters. The summed E-state index contributed by atoms with van der Waals surface area (Å²) in [5, 5.41) is 0. The van der Waals surface area contributed by atoms with Crippen molar-refractivity contribution in [2.75, 3.05) is 6.26 Å². The van der Waals surface area contributed by atoms with Gasteiger partial charge >= 0.3 is 0 Å². The lowest BCUT2D eigenvalue weighted by molar-refractivity contribution is 1.16. The smallest absolute Gasteiger partial charge is 0.139 e. The molecule has 0 amide bonds. The molecule has 3 aromatic rings. The molecule has 4 heteroatoms. The Bertz CT molecular complexity index is 793. The summed E-state index contributed by atoms with van der Waals surface area (Å²) in [4.78, 5) is 9.04. The van der Waals surface area contributed by atoms with Gasteiger partial charge in [-0.3, -0.25) is 0 Å². The van der Waals surface area contributed by atoms with Gasteiger partial charge in [0.2, 0.25) is 0 Å². The fourth-order valence-electron chi connectivity index (χ4n) is 2.12. The Hall–Kier alpha value is -1.91. The van der Waals surface area contributed by atoms with Crippen LogP contribution >= 0.6 is 24.0 Å². The van der Waals surface area contributed by atoms with Crippen LogP contribution in [0.25, 0.3) is 22.6 Å². The van der Waals surface area contributed by atoms with E-state index in [1.807, 2.05) is 24.3 Å². The minimum atomic E-state index is 0.594. The quantitative estimate of drug-likeness (QED) is 0.533. The molecule has 2 nitrogen and oxygen atoms in total. The van der Waals surface area contributed by atoms with Crippen LogP contribution in [0.2, 0.25) is 0 Å². The second-order valence-corrected chi connectivity index (χ2v) is 5.87. The van der Waals surface area contributed by atoms with Crippen LogP contribution in [0.4, 0.5) is 0 Å². The molecule has 0 fully saturated rings. The highest BCUT2D eigenvalue weighted by Crippen LogP contribution is 2.23. The molecule has 104 valence electrons. The molecular formula is C17H14N2S2. The molecule has 1 aromatic heterocycles. The van der Waals surface area contributed by atoms with E-state index in [1.165, 1.54) is 4.90 Å². The predicted octanol–water partition coefficient (Wildman–Crippen LogP) is 5.20. The predicted molar refractivity (Wildman–Crippen MR) is 92.1 cm³/mol. The third-order valence-electron chi connectivity index (χ3n) is 3.19. The van der Waals surface area contributed by atoms with Crippen molar-refractivity contribution >= 4 is 24.0 Å². The minimum absolute atomic E-state index is 0.594. The molecule has 0 radical (unpaired) electrons. The highest BCUT2D eigenvalue weighted by molar-refractivity contribution is 7.98. The van der Waals surface area contributed by atoms with E-state index in [0.29, 0.717) is 4.64 Å². The summed E-state index contributed by atoms with van der Waals surface area (Å²) in [7, 11) is 0. The highest BCUT2D eigenvalue weighted by Gasteiger charge is 2.04. The van der Waals surface area contributed by atoms with E-state index in [-0.39, 0.29) is 0 Å². The lowest BCUT2D eigenvalue weighted by atomic mass is 10.1. The van der Waals surface area contributed by atoms with Crippen LogP contribution in [0.1, 0.15) is 0 Å². The molecule has 1 heterocycles. The summed E-state index contributed by atoms with van der Waals surface area (Å²) in [5.41, 5.74) is 3.13. The van der Waals surface area contributed by atoms with Gasteiger partial charge in [-0.2, -0.15) is 0 Å². The Balaban J connectivity index is 2.07. The van der Waals surface area contributed by atoms with Gasteiger partial charge in [-0.1, -0.05) is 54.7 Å². The van der Waals surface area contributed by atoms with Crippen LogP contribution in [-0.2, 0) is 0 Å². The second-order valence-electron chi connectivity index (χ2n) is 4.58. The van der Waals surface area contributed by atoms with Gasteiger partial charge in [0.05, 0.1) is 0 Å². The number of hydrogen-bond acceptors (Lipinski definition) is 3. The second kappa shape index (κ2) is 6.24. The standard InChI is InChI=1S/C17H14N2S2/c1-21-14-9-7-13(8-10-14)17-18-15(11-16(20)19-17)12-5-3-2-4-6-12/h2-11H,1H3,(H,18,19,20). The largest absolute Gasteiger partial charge is 0.339 e. The molecule has 0 bridgehead atoms. The Labute approximate surface area is 133 Å². The number of nitrogens with one attached hydrogen (secondary N) is 1. The van der Waals surface area contributed by atoms with E-state index in [2.05, 4.69) is 52.6 Å². The number of nitrogens with zero attached hydrogens (tertiary/aromatic N) is 1. The summed E-state index contributed by atoms with van der Waals surface area (Å²) >= 11 is 7.03. The van der Waals surface area contributed by atoms with E-state index in [4.69, 9.17) is 12.2 Å². The van der Waals surface area contributed by atoms with Crippen LogP contribution in [0.5, 0.6) is 0 Å². The zero-order valence-corrected chi connectivity index (χ0v) is 13.2. The lowest BCUT2D eigenvalue weighted by Crippen LogP contribution is -1.92. The van der Waals surface area contributed by atoms with Crippen molar-refractivity contribution in [2.45, 2.75) is 4.90 Å². The summed E-state index contributed by atoms with van der Waals surface area (Å²) in [6.07, 6.45) is 2.07. The molecule has 1 N–H and O–H groups in total. The first-order chi connectivity index (χ1) is 10.3. The number of thioether (sulfide) groups is 1. The van der Waals surface area contributed by atoms with Gasteiger partial charge < -0.3 is 4.98 Å². The molecule has 0 aliphatic rings. The number of benzene rings is 2. The normalized spacial score (nSPS) is 10.5. The number of rotatable bonds is 3. The topological polar surface area (TPSA) is 28.7 Å². The molecule has 3 rings (SSSR count). The molecular weight excluding hydrogens is 296 g/mol. The van der Waals surface area contributed by atoms with Crippen LogP contribution < -0.4 is 0 Å². The first kappa shape index (κ1) is 14.0. The van der Waals surface area contributed by atoms with E-state index in [1.54, 1.807) is 11.8 Å². The number of aromatic amines is 1. The van der Waals surface area contributed by atoms with Crippen LogP contribution in [-0.4, -0.2) is 16.2 Å². The van der Waals surface area contributed by atoms with Crippen molar-refractivity contribution in [3.05, 3.63) is 65.3 Å². The third-order valence-corrected chi connectivity index (χ3v) is 4.14. The van der Waals surface area contributed by atoms with Gasteiger partial charge in [-0.15, -0.1) is 11.8 Å². The summed E-state index contributed by atoms with van der Waals surface area (Å²) in [5.74, 6) is 0.800. The molecule has 2 aromatic carbocycles. The van der Waals surface area contributed by atoms with E-state index in [9.17, 15) is 0 Å². The summed E-state index contributed by atoms with van der Waals surface area (Å²) in [6.45, 7) is 0. The Morgan fingerprint density at radius 2 is 1.67 bits per heavy atom. The van der Waals surface area contributed by atoms with Gasteiger partial charge in [0.25, 0.3) is 0 Å². The van der Waals surface area contributed by atoms with Gasteiger partial charge in [0, 0.05) is 16.2 Å².